The molecule has 1 rings (SSSR count). The predicted molar refractivity (Wildman–Crippen MR) is 77.0 cm³/mol. The number of amides is 1. The van der Waals surface area contributed by atoms with Gasteiger partial charge in [-0.2, -0.15) is 0 Å². The first-order chi connectivity index (χ1) is 8.97. The minimum atomic E-state index is -0.351. The van der Waals surface area contributed by atoms with Crippen LogP contribution in [0.5, 0.6) is 0 Å². The zero-order chi connectivity index (χ0) is 14.1. The Morgan fingerprint density at radius 1 is 1.21 bits per heavy atom. The highest BCUT2D eigenvalue weighted by Crippen LogP contribution is 1.99. The van der Waals surface area contributed by atoms with Crippen LogP contribution in [0.1, 0.15) is 32.8 Å². The van der Waals surface area contributed by atoms with E-state index >= 15 is 0 Å². The fourth-order valence-corrected chi connectivity index (χ4v) is 1.53. The highest BCUT2D eigenvalue weighted by Gasteiger charge is 2.13. The minimum Gasteiger partial charge on any atom is -0.450 e. The standard InChI is InChI=1S/C15H24N2O2/c1-15(2,3)17-14(18)19-11-7-10-16-12-13-8-5-4-6-9-13/h4-6,8-9,16H,7,10-12H2,1-3H3,(H,17,18). The maximum absolute atomic E-state index is 11.4. The fourth-order valence-electron chi connectivity index (χ4n) is 1.53. The summed E-state index contributed by atoms with van der Waals surface area (Å²) in [5.41, 5.74) is 1.01. The van der Waals surface area contributed by atoms with Crippen LogP contribution in [0.3, 0.4) is 0 Å². The molecule has 106 valence electrons. The van der Waals surface area contributed by atoms with Crippen LogP contribution in [0.25, 0.3) is 0 Å². The van der Waals surface area contributed by atoms with E-state index in [0.717, 1.165) is 19.5 Å². The molecule has 0 saturated heterocycles. The molecule has 0 aliphatic carbocycles. The van der Waals surface area contributed by atoms with E-state index in [2.05, 4.69) is 22.8 Å². The first-order valence-electron chi connectivity index (χ1n) is 6.67. The number of benzene rings is 1. The lowest BCUT2D eigenvalue weighted by molar-refractivity contribution is 0.136. The van der Waals surface area contributed by atoms with Crippen LogP contribution in [-0.2, 0) is 11.3 Å². The van der Waals surface area contributed by atoms with Gasteiger partial charge in [0, 0.05) is 12.1 Å². The van der Waals surface area contributed by atoms with E-state index in [1.165, 1.54) is 5.56 Å². The predicted octanol–water partition coefficient (Wildman–Crippen LogP) is 2.69. The summed E-state index contributed by atoms with van der Waals surface area (Å²) in [5.74, 6) is 0. The second-order valence-corrected chi connectivity index (χ2v) is 5.53. The minimum absolute atomic E-state index is 0.247. The van der Waals surface area contributed by atoms with Gasteiger partial charge < -0.3 is 15.4 Å². The third-order valence-corrected chi connectivity index (χ3v) is 2.38. The number of hydrogen-bond acceptors (Lipinski definition) is 3. The van der Waals surface area contributed by atoms with Crippen LogP contribution >= 0.6 is 0 Å². The molecule has 1 aromatic carbocycles. The average Bonchev–Trinajstić information content (AvgIpc) is 2.32. The third-order valence-electron chi connectivity index (χ3n) is 2.38. The number of carbonyl (C=O) groups is 1. The highest BCUT2D eigenvalue weighted by atomic mass is 16.5. The molecule has 0 fully saturated rings. The molecule has 1 amide bonds. The van der Waals surface area contributed by atoms with Crippen molar-refractivity contribution in [1.82, 2.24) is 10.6 Å². The van der Waals surface area contributed by atoms with Crippen molar-refractivity contribution in [3.05, 3.63) is 35.9 Å². The number of carbonyl (C=O) groups excluding carboxylic acids is 1. The van der Waals surface area contributed by atoms with Gasteiger partial charge in [-0.1, -0.05) is 30.3 Å². The molecule has 0 heterocycles. The van der Waals surface area contributed by atoms with Crippen LogP contribution in [0.15, 0.2) is 30.3 Å². The molecule has 0 saturated carbocycles. The summed E-state index contributed by atoms with van der Waals surface area (Å²) in [5, 5.41) is 6.07. The third kappa shape index (κ3) is 8.21. The van der Waals surface area contributed by atoms with Crippen molar-refractivity contribution in [2.75, 3.05) is 13.2 Å². The normalized spacial score (nSPS) is 11.1. The van der Waals surface area contributed by atoms with Gasteiger partial charge in [-0.25, -0.2) is 4.79 Å². The number of hydrogen-bond donors (Lipinski definition) is 2. The molecule has 0 radical (unpaired) electrons. The average molecular weight is 264 g/mol. The topological polar surface area (TPSA) is 50.4 Å². The lowest BCUT2D eigenvalue weighted by Gasteiger charge is -2.19. The van der Waals surface area contributed by atoms with Crippen LogP contribution in [0.4, 0.5) is 4.79 Å². The van der Waals surface area contributed by atoms with E-state index in [4.69, 9.17) is 4.74 Å². The van der Waals surface area contributed by atoms with Crippen molar-refractivity contribution in [1.29, 1.82) is 0 Å². The van der Waals surface area contributed by atoms with E-state index in [0.29, 0.717) is 6.61 Å². The largest absolute Gasteiger partial charge is 0.450 e. The molecule has 0 aliphatic rings. The molecule has 19 heavy (non-hydrogen) atoms. The molecular formula is C15H24N2O2. The van der Waals surface area contributed by atoms with E-state index in [1.807, 2.05) is 39.0 Å². The van der Waals surface area contributed by atoms with Gasteiger partial charge in [-0.3, -0.25) is 0 Å². The van der Waals surface area contributed by atoms with Crippen LogP contribution < -0.4 is 10.6 Å². The van der Waals surface area contributed by atoms with Gasteiger partial charge in [0.25, 0.3) is 0 Å². The van der Waals surface area contributed by atoms with Gasteiger partial charge in [0.2, 0.25) is 0 Å². The van der Waals surface area contributed by atoms with Crippen molar-refractivity contribution in [3.8, 4) is 0 Å². The SMILES string of the molecule is CC(C)(C)NC(=O)OCCCNCc1ccccc1. The first-order valence-corrected chi connectivity index (χ1v) is 6.67. The molecule has 1 aromatic rings. The smallest absolute Gasteiger partial charge is 0.407 e. The Balaban J connectivity index is 2.01. The molecule has 0 unspecified atom stereocenters. The zero-order valence-electron chi connectivity index (χ0n) is 12.0. The summed E-state index contributed by atoms with van der Waals surface area (Å²) < 4.78 is 5.08. The molecule has 0 aromatic heterocycles. The quantitative estimate of drug-likeness (QED) is 0.777. The lowest BCUT2D eigenvalue weighted by atomic mass is 10.1. The van der Waals surface area contributed by atoms with Crippen LogP contribution in [0, 0.1) is 0 Å². The molecule has 0 atom stereocenters. The van der Waals surface area contributed by atoms with Gasteiger partial charge in [0.15, 0.2) is 0 Å². The Kier molecular flexibility index (Phi) is 6.36. The number of rotatable bonds is 6. The van der Waals surface area contributed by atoms with Crippen molar-refractivity contribution >= 4 is 6.09 Å². The molecule has 0 aliphatic heterocycles. The first kappa shape index (κ1) is 15.5. The van der Waals surface area contributed by atoms with Crippen molar-refractivity contribution in [2.24, 2.45) is 0 Å². The fraction of sp³-hybridized carbons (Fsp3) is 0.533. The molecular weight excluding hydrogens is 240 g/mol. The Morgan fingerprint density at radius 2 is 1.89 bits per heavy atom. The summed E-state index contributed by atoms with van der Waals surface area (Å²) in [6.07, 6.45) is 0.459. The monoisotopic (exact) mass is 264 g/mol. The van der Waals surface area contributed by atoms with Crippen LogP contribution in [-0.4, -0.2) is 24.8 Å². The second-order valence-electron chi connectivity index (χ2n) is 5.53. The molecule has 4 heteroatoms. The summed E-state index contributed by atoms with van der Waals surface area (Å²) in [6.45, 7) is 7.89. The zero-order valence-corrected chi connectivity index (χ0v) is 12.0. The molecule has 0 spiro atoms. The maximum atomic E-state index is 11.4. The summed E-state index contributed by atoms with van der Waals surface area (Å²) >= 11 is 0. The number of alkyl carbamates (subject to hydrolysis) is 1. The van der Waals surface area contributed by atoms with Crippen molar-refractivity contribution < 1.29 is 9.53 Å². The Bertz CT molecular complexity index is 371. The molecule has 0 bridgehead atoms. The molecule has 2 N–H and O–H groups in total. The van der Waals surface area contributed by atoms with Gasteiger partial charge in [0.05, 0.1) is 6.61 Å². The Morgan fingerprint density at radius 3 is 2.53 bits per heavy atom. The Hall–Kier alpha value is -1.55. The second kappa shape index (κ2) is 7.79. The highest BCUT2D eigenvalue weighted by molar-refractivity contribution is 5.67. The Labute approximate surface area is 115 Å². The molecule has 4 nitrogen and oxygen atoms in total. The van der Waals surface area contributed by atoms with Gasteiger partial charge in [-0.05, 0) is 39.3 Å². The number of nitrogens with one attached hydrogen (secondary N) is 2. The number of ether oxygens (including phenoxy) is 1. The van der Waals surface area contributed by atoms with Gasteiger partial charge in [0.1, 0.15) is 0 Å². The van der Waals surface area contributed by atoms with E-state index in [-0.39, 0.29) is 11.6 Å². The van der Waals surface area contributed by atoms with Crippen LogP contribution in [0.2, 0.25) is 0 Å². The van der Waals surface area contributed by atoms with E-state index < -0.39 is 0 Å². The lowest BCUT2D eigenvalue weighted by Crippen LogP contribution is -2.41. The maximum Gasteiger partial charge on any atom is 0.407 e. The van der Waals surface area contributed by atoms with Gasteiger partial charge >= 0.3 is 6.09 Å². The van der Waals surface area contributed by atoms with Crippen molar-refractivity contribution in [3.63, 3.8) is 0 Å². The van der Waals surface area contributed by atoms with E-state index in [1.54, 1.807) is 0 Å². The van der Waals surface area contributed by atoms with E-state index in [9.17, 15) is 4.79 Å². The van der Waals surface area contributed by atoms with Crippen molar-refractivity contribution in [2.45, 2.75) is 39.3 Å². The summed E-state index contributed by atoms with van der Waals surface area (Å²) in [6, 6.07) is 10.2. The van der Waals surface area contributed by atoms with Gasteiger partial charge in [-0.15, -0.1) is 0 Å². The summed E-state index contributed by atoms with van der Waals surface area (Å²) in [7, 11) is 0. The summed E-state index contributed by atoms with van der Waals surface area (Å²) in [4.78, 5) is 11.4.